The minimum Gasteiger partial charge on any atom is -0.356 e. The molecule has 1 N–H and O–H groups in total. The van der Waals surface area contributed by atoms with Crippen LogP contribution in [0.2, 0.25) is 0 Å². The first-order valence-electron chi connectivity index (χ1n) is 3.93. The largest absolute Gasteiger partial charge is 0.356 e. The molecule has 1 radical (unpaired) electrons. The molecule has 0 heterocycles. The van der Waals surface area contributed by atoms with Crippen LogP contribution in [0.25, 0.3) is 0 Å². The van der Waals surface area contributed by atoms with Crippen LogP contribution < -0.4 is 5.32 Å². The lowest BCUT2D eigenvalue weighted by atomic mass is 10.2. The number of hydrogen-bond donors (Lipinski definition) is 1. The van der Waals surface area contributed by atoms with Crippen LogP contribution in [0, 0.1) is 0 Å². The van der Waals surface area contributed by atoms with E-state index in [1.165, 1.54) is 0 Å². The van der Waals surface area contributed by atoms with E-state index in [0.29, 0.717) is 6.54 Å². The third kappa shape index (κ3) is 7.03. The van der Waals surface area contributed by atoms with E-state index in [4.69, 9.17) is 0 Å². The highest BCUT2D eigenvalue weighted by atomic mass is 16.2. The Morgan fingerprint density at radius 1 is 1.45 bits per heavy atom. The van der Waals surface area contributed by atoms with Gasteiger partial charge in [0.1, 0.15) is 0 Å². The van der Waals surface area contributed by atoms with Gasteiger partial charge in [0.05, 0.1) is 6.42 Å². The zero-order chi connectivity index (χ0) is 8.53. The molecule has 0 atom stereocenters. The lowest BCUT2D eigenvalue weighted by Crippen LogP contribution is -2.24. The summed E-state index contributed by atoms with van der Waals surface area (Å²) < 4.78 is 0. The highest BCUT2D eigenvalue weighted by Crippen LogP contribution is 1.90. The Bertz CT molecular complexity index is 123. The molecule has 0 aromatic heterocycles. The van der Waals surface area contributed by atoms with Gasteiger partial charge in [0.25, 0.3) is 0 Å². The van der Waals surface area contributed by atoms with Crippen molar-refractivity contribution < 1.29 is 9.59 Å². The van der Waals surface area contributed by atoms with Gasteiger partial charge in [0.15, 0.2) is 0 Å². The average molecular weight is 156 g/mol. The Balaban J connectivity index is 3.10. The van der Waals surface area contributed by atoms with Crippen molar-refractivity contribution in [1.29, 1.82) is 0 Å². The van der Waals surface area contributed by atoms with Crippen LogP contribution in [0.15, 0.2) is 0 Å². The monoisotopic (exact) mass is 156 g/mol. The number of carbonyl (C=O) groups is 1. The van der Waals surface area contributed by atoms with Crippen LogP contribution in [-0.2, 0) is 9.59 Å². The number of rotatable bonds is 6. The highest BCUT2D eigenvalue weighted by molar-refractivity contribution is 5.88. The summed E-state index contributed by atoms with van der Waals surface area (Å²) in [5.74, 6) is -0.226. The number of hydrogen-bond acceptors (Lipinski definition) is 2. The van der Waals surface area contributed by atoms with E-state index >= 15 is 0 Å². The molecule has 0 rings (SSSR count). The number of carbonyl (C=O) groups excluding carboxylic acids is 2. The molecule has 0 aliphatic carbocycles. The summed E-state index contributed by atoms with van der Waals surface area (Å²) in [7, 11) is 0. The van der Waals surface area contributed by atoms with Crippen molar-refractivity contribution in [3.05, 3.63) is 0 Å². The number of unbranched alkanes of at least 4 members (excludes halogenated alkanes) is 2. The molecule has 11 heavy (non-hydrogen) atoms. The topological polar surface area (TPSA) is 46.2 Å². The molecule has 0 aliphatic heterocycles. The molecule has 1 amide bonds. The van der Waals surface area contributed by atoms with Crippen molar-refractivity contribution >= 4 is 12.2 Å². The Morgan fingerprint density at radius 2 is 2.18 bits per heavy atom. The van der Waals surface area contributed by atoms with Crippen molar-refractivity contribution in [3.8, 4) is 0 Å². The zero-order valence-corrected chi connectivity index (χ0v) is 6.85. The molecule has 0 fully saturated rings. The molecular formula is C8H14NO2. The molecule has 0 aromatic carbocycles. The van der Waals surface area contributed by atoms with Crippen LogP contribution in [0.3, 0.4) is 0 Å². The highest BCUT2D eigenvalue weighted by Gasteiger charge is 1.97. The van der Waals surface area contributed by atoms with Gasteiger partial charge in [-0.1, -0.05) is 19.8 Å². The third-order valence-corrected chi connectivity index (χ3v) is 1.34. The maximum atomic E-state index is 10.6. The Kier molecular flexibility index (Phi) is 6.68. The zero-order valence-electron chi connectivity index (χ0n) is 6.85. The van der Waals surface area contributed by atoms with Crippen LogP contribution in [0.5, 0.6) is 0 Å². The summed E-state index contributed by atoms with van der Waals surface area (Å²) in [6.07, 6.45) is 4.65. The van der Waals surface area contributed by atoms with E-state index in [2.05, 4.69) is 12.2 Å². The van der Waals surface area contributed by atoms with Crippen LogP contribution in [0.1, 0.15) is 32.6 Å². The van der Waals surface area contributed by atoms with E-state index in [0.717, 1.165) is 19.3 Å². The van der Waals surface area contributed by atoms with Crippen LogP contribution in [-0.4, -0.2) is 18.7 Å². The molecule has 3 nitrogen and oxygen atoms in total. The van der Waals surface area contributed by atoms with E-state index < -0.39 is 0 Å². The Morgan fingerprint density at radius 3 is 2.73 bits per heavy atom. The first-order valence-corrected chi connectivity index (χ1v) is 3.93. The lowest BCUT2D eigenvalue weighted by Gasteiger charge is -2.00. The second kappa shape index (κ2) is 7.25. The lowest BCUT2D eigenvalue weighted by molar-refractivity contribution is -0.119. The van der Waals surface area contributed by atoms with E-state index in [1.807, 2.05) is 0 Å². The second-order valence-electron chi connectivity index (χ2n) is 2.38. The number of amides is 1. The van der Waals surface area contributed by atoms with Crippen molar-refractivity contribution in [2.24, 2.45) is 0 Å². The van der Waals surface area contributed by atoms with Gasteiger partial charge in [-0.2, -0.15) is 0 Å². The fourth-order valence-corrected chi connectivity index (χ4v) is 0.731. The summed E-state index contributed by atoms with van der Waals surface area (Å²) >= 11 is 0. The Labute approximate surface area is 67.2 Å². The molecular weight excluding hydrogens is 142 g/mol. The molecule has 0 aromatic rings. The van der Waals surface area contributed by atoms with Crippen molar-refractivity contribution in [3.63, 3.8) is 0 Å². The van der Waals surface area contributed by atoms with Gasteiger partial charge in [-0.15, -0.1) is 0 Å². The summed E-state index contributed by atoms with van der Waals surface area (Å²) in [4.78, 5) is 20.4. The maximum absolute atomic E-state index is 10.6. The van der Waals surface area contributed by atoms with Crippen LogP contribution in [0.4, 0.5) is 0 Å². The quantitative estimate of drug-likeness (QED) is 0.456. The average Bonchev–Trinajstić information content (AvgIpc) is 1.99. The minimum atomic E-state index is -0.226. The Hall–Kier alpha value is -0.860. The molecule has 0 unspecified atom stereocenters. The first-order chi connectivity index (χ1) is 5.31. The minimum absolute atomic E-state index is 0.133. The SMILES string of the molecule is CCCCCNC(=O)C[C]=O. The molecule has 0 aliphatic rings. The number of nitrogens with one attached hydrogen (secondary N) is 1. The first kappa shape index (κ1) is 10.1. The van der Waals surface area contributed by atoms with Gasteiger partial charge in [0, 0.05) is 6.54 Å². The molecule has 0 spiro atoms. The molecule has 0 saturated carbocycles. The smallest absolute Gasteiger partial charge is 0.227 e. The van der Waals surface area contributed by atoms with Crippen molar-refractivity contribution in [1.82, 2.24) is 5.32 Å². The molecule has 3 heteroatoms. The molecule has 63 valence electrons. The molecule has 0 saturated heterocycles. The van der Waals surface area contributed by atoms with Crippen LogP contribution >= 0.6 is 0 Å². The maximum Gasteiger partial charge on any atom is 0.227 e. The predicted octanol–water partition coefficient (Wildman–Crippen LogP) is 0.793. The second-order valence-corrected chi connectivity index (χ2v) is 2.38. The summed E-state index contributed by atoms with van der Waals surface area (Å²) in [5.41, 5.74) is 0. The summed E-state index contributed by atoms with van der Waals surface area (Å²) in [5, 5.41) is 2.62. The van der Waals surface area contributed by atoms with Gasteiger partial charge in [-0.25, -0.2) is 0 Å². The fourth-order valence-electron chi connectivity index (χ4n) is 0.731. The van der Waals surface area contributed by atoms with Crippen molar-refractivity contribution in [2.45, 2.75) is 32.6 Å². The standard InChI is InChI=1S/C8H14NO2/c1-2-3-4-6-9-8(11)5-7-10/h2-6H2,1H3,(H,9,11). The molecule has 0 bridgehead atoms. The van der Waals surface area contributed by atoms with Gasteiger partial charge in [0.2, 0.25) is 12.2 Å². The fraction of sp³-hybridized carbons (Fsp3) is 0.750. The summed E-state index contributed by atoms with van der Waals surface area (Å²) in [6, 6.07) is 0. The summed E-state index contributed by atoms with van der Waals surface area (Å²) in [6.45, 7) is 2.77. The van der Waals surface area contributed by atoms with Gasteiger partial charge in [-0.05, 0) is 6.42 Å². The van der Waals surface area contributed by atoms with E-state index in [1.54, 1.807) is 6.29 Å². The predicted molar refractivity (Wildman–Crippen MR) is 42.8 cm³/mol. The van der Waals surface area contributed by atoms with Crippen molar-refractivity contribution in [2.75, 3.05) is 6.54 Å². The van der Waals surface area contributed by atoms with E-state index in [9.17, 15) is 9.59 Å². The normalized spacial score (nSPS) is 9.18. The van der Waals surface area contributed by atoms with Gasteiger partial charge >= 0.3 is 0 Å². The third-order valence-electron chi connectivity index (χ3n) is 1.34. The van der Waals surface area contributed by atoms with E-state index in [-0.39, 0.29) is 12.3 Å². The van der Waals surface area contributed by atoms with Gasteiger partial charge < -0.3 is 5.32 Å². The van der Waals surface area contributed by atoms with Gasteiger partial charge in [-0.3, -0.25) is 9.59 Å².